The van der Waals surface area contributed by atoms with Gasteiger partial charge in [0.2, 0.25) is 0 Å². The summed E-state index contributed by atoms with van der Waals surface area (Å²) in [6.07, 6.45) is 0. The van der Waals surface area contributed by atoms with Crippen LogP contribution in [0.4, 0.5) is 5.69 Å². The van der Waals surface area contributed by atoms with Crippen molar-refractivity contribution in [2.24, 2.45) is 0 Å². The van der Waals surface area contributed by atoms with Gasteiger partial charge in [-0.25, -0.2) is 4.79 Å². The zero-order valence-electron chi connectivity index (χ0n) is 11.7. The minimum absolute atomic E-state index is 0.269. The van der Waals surface area contributed by atoms with Crippen molar-refractivity contribution in [1.82, 2.24) is 0 Å². The van der Waals surface area contributed by atoms with Crippen molar-refractivity contribution in [3.8, 4) is 11.8 Å². The lowest BCUT2D eigenvalue weighted by atomic mass is 10.2. The number of anilines is 1. The van der Waals surface area contributed by atoms with Crippen LogP contribution in [-0.4, -0.2) is 25.6 Å². The SMILES string of the molecule is COC(=O)c1sccc1NC(=O)COc1ccccc1C#N. The average molecular weight is 316 g/mol. The molecule has 0 aliphatic carbocycles. The van der Waals surface area contributed by atoms with Crippen LogP contribution >= 0.6 is 11.3 Å². The quantitative estimate of drug-likeness (QED) is 0.856. The van der Waals surface area contributed by atoms with Crippen LogP contribution in [0.15, 0.2) is 35.7 Å². The summed E-state index contributed by atoms with van der Waals surface area (Å²) < 4.78 is 9.95. The fourth-order valence-electron chi connectivity index (χ4n) is 1.67. The Balaban J connectivity index is 1.98. The average Bonchev–Trinajstić information content (AvgIpc) is 3.00. The number of para-hydroxylation sites is 1. The lowest BCUT2D eigenvalue weighted by Crippen LogP contribution is -2.21. The number of hydrogen-bond donors (Lipinski definition) is 1. The van der Waals surface area contributed by atoms with Crippen LogP contribution in [0.2, 0.25) is 0 Å². The third-order valence-corrected chi connectivity index (χ3v) is 3.57. The predicted octanol–water partition coefficient (Wildman–Crippen LogP) is 2.42. The van der Waals surface area contributed by atoms with Crippen LogP contribution in [0.5, 0.6) is 5.75 Å². The molecule has 0 aliphatic rings. The molecule has 0 saturated carbocycles. The van der Waals surface area contributed by atoms with Gasteiger partial charge in [-0.05, 0) is 23.6 Å². The Hall–Kier alpha value is -2.85. The summed E-state index contributed by atoms with van der Waals surface area (Å²) in [6, 6.07) is 10.2. The minimum Gasteiger partial charge on any atom is -0.482 e. The molecule has 1 aromatic carbocycles. The van der Waals surface area contributed by atoms with Crippen LogP contribution in [0.3, 0.4) is 0 Å². The fraction of sp³-hybridized carbons (Fsp3) is 0.133. The van der Waals surface area contributed by atoms with E-state index in [9.17, 15) is 9.59 Å². The van der Waals surface area contributed by atoms with Crippen LogP contribution in [0.25, 0.3) is 0 Å². The number of rotatable bonds is 5. The van der Waals surface area contributed by atoms with E-state index in [0.717, 1.165) is 0 Å². The molecule has 0 spiro atoms. The largest absolute Gasteiger partial charge is 0.482 e. The van der Waals surface area contributed by atoms with E-state index in [-0.39, 0.29) is 6.61 Å². The number of amides is 1. The summed E-state index contributed by atoms with van der Waals surface area (Å²) in [7, 11) is 1.27. The molecule has 1 heterocycles. The molecule has 6 nitrogen and oxygen atoms in total. The first-order valence-corrected chi connectivity index (χ1v) is 7.11. The molecule has 1 N–H and O–H groups in total. The number of nitriles is 1. The smallest absolute Gasteiger partial charge is 0.350 e. The van der Waals surface area contributed by atoms with Crippen LogP contribution in [-0.2, 0) is 9.53 Å². The van der Waals surface area contributed by atoms with Crippen molar-refractivity contribution in [3.05, 3.63) is 46.2 Å². The molecule has 0 saturated heterocycles. The first kappa shape index (κ1) is 15.5. The Morgan fingerprint density at radius 3 is 2.82 bits per heavy atom. The Bertz CT molecular complexity index is 733. The number of methoxy groups -OCH3 is 1. The molecular formula is C15H12N2O4S. The highest BCUT2D eigenvalue weighted by atomic mass is 32.1. The number of hydrogen-bond acceptors (Lipinski definition) is 6. The normalized spacial score (nSPS) is 9.64. The van der Waals surface area contributed by atoms with Crippen LogP contribution in [0, 0.1) is 11.3 Å². The summed E-state index contributed by atoms with van der Waals surface area (Å²) in [4.78, 5) is 23.7. The monoisotopic (exact) mass is 316 g/mol. The summed E-state index contributed by atoms with van der Waals surface area (Å²) in [5.41, 5.74) is 0.722. The van der Waals surface area contributed by atoms with Crippen molar-refractivity contribution in [2.45, 2.75) is 0 Å². The van der Waals surface area contributed by atoms with Crippen molar-refractivity contribution < 1.29 is 19.1 Å². The number of ether oxygens (including phenoxy) is 2. The maximum absolute atomic E-state index is 11.9. The maximum atomic E-state index is 11.9. The van der Waals surface area contributed by atoms with E-state index in [2.05, 4.69) is 10.1 Å². The van der Waals surface area contributed by atoms with Gasteiger partial charge in [0.15, 0.2) is 6.61 Å². The second-order valence-corrected chi connectivity index (χ2v) is 5.02. The highest BCUT2D eigenvalue weighted by Gasteiger charge is 2.16. The number of benzene rings is 1. The van der Waals surface area contributed by atoms with Gasteiger partial charge in [0, 0.05) is 0 Å². The summed E-state index contributed by atoms with van der Waals surface area (Å²) in [6.45, 7) is -0.269. The second kappa shape index (κ2) is 7.24. The lowest BCUT2D eigenvalue weighted by molar-refractivity contribution is -0.118. The summed E-state index contributed by atoms with van der Waals surface area (Å²) in [5.74, 6) is -0.615. The molecule has 7 heteroatoms. The van der Waals surface area contributed by atoms with Gasteiger partial charge in [0.1, 0.15) is 16.7 Å². The number of thiophene rings is 1. The van der Waals surface area contributed by atoms with Crippen LogP contribution in [0.1, 0.15) is 15.2 Å². The van der Waals surface area contributed by atoms with E-state index in [1.54, 1.807) is 35.7 Å². The Labute approximate surface area is 130 Å². The molecule has 0 atom stereocenters. The molecule has 112 valence electrons. The van der Waals surface area contributed by atoms with Crippen molar-refractivity contribution in [1.29, 1.82) is 5.26 Å². The minimum atomic E-state index is -0.513. The highest BCUT2D eigenvalue weighted by Crippen LogP contribution is 2.23. The molecule has 22 heavy (non-hydrogen) atoms. The van der Waals surface area contributed by atoms with Gasteiger partial charge in [0.05, 0.1) is 18.4 Å². The van der Waals surface area contributed by atoms with E-state index in [1.807, 2.05) is 6.07 Å². The zero-order valence-corrected chi connectivity index (χ0v) is 12.5. The molecule has 1 aromatic heterocycles. The number of carbonyl (C=O) groups excluding carboxylic acids is 2. The van der Waals surface area contributed by atoms with E-state index >= 15 is 0 Å². The molecule has 0 radical (unpaired) electrons. The second-order valence-electron chi connectivity index (χ2n) is 4.10. The van der Waals surface area contributed by atoms with Gasteiger partial charge in [-0.1, -0.05) is 12.1 Å². The van der Waals surface area contributed by atoms with Crippen LogP contribution < -0.4 is 10.1 Å². The van der Waals surface area contributed by atoms with Crippen molar-refractivity contribution in [2.75, 3.05) is 19.0 Å². The molecule has 0 bridgehead atoms. The zero-order chi connectivity index (χ0) is 15.9. The van der Waals surface area contributed by atoms with Gasteiger partial charge in [-0.2, -0.15) is 5.26 Å². The number of carbonyl (C=O) groups is 2. The molecule has 0 fully saturated rings. The van der Waals surface area contributed by atoms with Gasteiger partial charge in [0.25, 0.3) is 5.91 Å². The molecule has 0 unspecified atom stereocenters. The fourth-order valence-corrected chi connectivity index (χ4v) is 2.44. The number of esters is 1. The number of nitrogens with zero attached hydrogens (tertiary/aromatic N) is 1. The maximum Gasteiger partial charge on any atom is 0.350 e. The van der Waals surface area contributed by atoms with Gasteiger partial charge in [-0.15, -0.1) is 11.3 Å². The molecular weight excluding hydrogens is 304 g/mol. The lowest BCUT2D eigenvalue weighted by Gasteiger charge is -2.08. The summed E-state index contributed by atoms with van der Waals surface area (Å²) in [5, 5.41) is 13.2. The first-order chi connectivity index (χ1) is 10.7. The molecule has 2 rings (SSSR count). The Morgan fingerprint density at radius 2 is 2.09 bits per heavy atom. The molecule has 2 aromatic rings. The Morgan fingerprint density at radius 1 is 1.32 bits per heavy atom. The molecule has 0 aliphatic heterocycles. The van der Waals surface area contributed by atoms with Gasteiger partial charge < -0.3 is 14.8 Å². The topological polar surface area (TPSA) is 88.4 Å². The standard InChI is InChI=1S/C15H12N2O4S/c1-20-15(19)14-11(6-7-22-14)17-13(18)9-21-12-5-3-2-4-10(12)8-16/h2-7H,9H2,1H3,(H,17,18). The van der Waals surface area contributed by atoms with E-state index in [0.29, 0.717) is 21.9 Å². The third-order valence-electron chi connectivity index (χ3n) is 2.68. The highest BCUT2D eigenvalue weighted by molar-refractivity contribution is 7.12. The third kappa shape index (κ3) is 3.62. The number of nitrogens with one attached hydrogen (secondary N) is 1. The van der Waals surface area contributed by atoms with E-state index in [4.69, 9.17) is 10.00 Å². The Kier molecular flexibility index (Phi) is 5.11. The van der Waals surface area contributed by atoms with Crippen molar-refractivity contribution in [3.63, 3.8) is 0 Å². The predicted molar refractivity (Wildman–Crippen MR) is 80.9 cm³/mol. The van der Waals surface area contributed by atoms with E-state index in [1.165, 1.54) is 18.4 Å². The van der Waals surface area contributed by atoms with E-state index < -0.39 is 11.9 Å². The molecule has 1 amide bonds. The first-order valence-electron chi connectivity index (χ1n) is 6.23. The van der Waals surface area contributed by atoms with Crippen molar-refractivity contribution >= 4 is 28.9 Å². The van der Waals surface area contributed by atoms with Gasteiger partial charge >= 0.3 is 5.97 Å². The van der Waals surface area contributed by atoms with Gasteiger partial charge in [-0.3, -0.25) is 4.79 Å². The summed E-state index contributed by atoms with van der Waals surface area (Å²) >= 11 is 1.17.